The first-order chi connectivity index (χ1) is 9.59. The Morgan fingerprint density at radius 2 is 2.00 bits per heavy atom. The quantitative estimate of drug-likeness (QED) is 0.874. The molecule has 2 N–H and O–H groups in total. The van der Waals surface area contributed by atoms with Crippen molar-refractivity contribution in [2.24, 2.45) is 5.73 Å². The Morgan fingerprint density at radius 1 is 1.30 bits per heavy atom. The van der Waals surface area contributed by atoms with Gasteiger partial charge in [-0.3, -0.25) is 9.78 Å². The SMILES string of the molecule is NC(=O)N1C(=O)C(c2ccccc2)c2ncc(Cl)cc21. The number of carbonyl (C=O) groups excluding carboxylic acids is 2. The van der Waals surface area contributed by atoms with E-state index in [9.17, 15) is 9.59 Å². The van der Waals surface area contributed by atoms with Crippen LogP contribution in [0.2, 0.25) is 5.02 Å². The minimum absolute atomic E-state index is 0.344. The van der Waals surface area contributed by atoms with Crippen molar-refractivity contribution in [3.63, 3.8) is 0 Å². The summed E-state index contributed by atoms with van der Waals surface area (Å²) in [6.07, 6.45) is 1.45. The second-order valence-corrected chi connectivity index (χ2v) is 4.85. The van der Waals surface area contributed by atoms with Crippen molar-refractivity contribution in [2.75, 3.05) is 4.90 Å². The van der Waals surface area contributed by atoms with Crippen molar-refractivity contribution in [2.45, 2.75) is 5.92 Å². The van der Waals surface area contributed by atoms with E-state index in [-0.39, 0.29) is 0 Å². The average molecular weight is 288 g/mol. The van der Waals surface area contributed by atoms with E-state index in [0.29, 0.717) is 16.4 Å². The van der Waals surface area contributed by atoms with Gasteiger partial charge in [0.15, 0.2) is 0 Å². The number of benzene rings is 1. The monoisotopic (exact) mass is 287 g/mol. The molecule has 0 saturated carbocycles. The van der Waals surface area contributed by atoms with Crippen LogP contribution in [-0.4, -0.2) is 16.9 Å². The van der Waals surface area contributed by atoms with Gasteiger partial charge in [0.25, 0.3) is 0 Å². The number of hydrogen-bond donors (Lipinski definition) is 1. The van der Waals surface area contributed by atoms with E-state index in [2.05, 4.69) is 4.98 Å². The van der Waals surface area contributed by atoms with Gasteiger partial charge in [0, 0.05) is 6.20 Å². The lowest BCUT2D eigenvalue weighted by Gasteiger charge is -2.12. The summed E-state index contributed by atoms with van der Waals surface area (Å²) in [4.78, 5) is 29.1. The molecular weight excluding hydrogens is 278 g/mol. The van der Waals surface area contributed by atoms with E-state index < -0.39 is 17.9 Å². The number of halogens is 1. The fourth-order valence-corrected chi connectivity index (χ4v) is 2.53. The maximum absolute atomic E-state index is 12.5. The number of pyridine rings is 1. The molecule has 3 amide bonds. The molecule has 2 heterocycles. The minimum atomic E-state index is -0.834. The highest BCUT2D eigenvalue weighted by Crippen LogP contribution is 2.40. The molecule has 1 aliphatic rings. The number of fused-ring (bicyclic) bond motifs is 1. The fourth-order valence-electron chi connectivity index (χ4n) is 2.38. The standard InChI is InChI=1S/C14H10ClN3O2/c15-9-6-10-12(17-7-9)11(8-4-2-1-3-5-8)13(19)18(10)14(16)20/h1-7,11H,(H2,16,20). The van der Waals surface area contributed by atoms with Gasteiger partial charge in [0.1, 0.15) is 5.92 Å². The smallest absolute Gasteiger partial charge is 0.326 e. The van der Waals surface area contributed by atoms with E-state index in [0.717, 1.165) is 10.5 Å². The van der Waals surface area contributed by atoms with Gasteiger partial charge in [-0.05, 0) is 11.6 Å². The van der Waals surface area contributed by atoms with Gasteiger partial charge in [-0.15, -0.1) is 0 Å². The second kappa shape index (κ2) is 4.61. The molecule has 3 rings (SSSR count). The molecule has 0 fully saturated rings. The Balaban J connectivity index is 2.20. The third-order valence-electron chi connectivity index (χ3n) is 3.20. The molecule has 100 valence electrons. The van der Waals surface area contributed by atoms with Gasteiger partial charge in [-0.25, -0.2) is 9.69 Å². The summed E-state index contributed by atoms with van der Waals surface area (Å²) in [6, 6.07) is 9.82. The van der Waals surface area contributed by atoms with E-state index in [1.54, 1.807) is 0 Å². The number of amides is 3. The molecule has 1 aliphatic heterocycles. The van der Waals surface area contributed by atoms with Crippen molar-refractivity contribution in [1.29, 1.82) is 0 Å². The first kappa shape index (κ1) is 12.6. The highest BCUT2D eigenvalue weighted by molar-refractivity contribution is 6.31. The summed E-state index contributed by atoms with van der Waals surface area (Å²) in [5.41, 5.74) is 6.89. The molecule has 0 bridgehead atoms. The first-order valence-electron chi connectivity index (χ1n) is 5.93. The molecule has 1 aromatic carbocycles. The molecule has 1 unspecified atom stereocenters. The summed E-state index contributed by atoms with van der Waals surface area (Å²) in [5, 5.41) is 0.344. The summed E-state index contributed by atoms with van der Waals surface area (Å²) in [6.45, 7) is 0. The number of imide groups is 1. The normalized spacial score (nSPS) is 17.1. The lowest BCUT2D eigenvalue weighted by Crippen LogP contribution is -2.39. The summed E-state index contributed by atoms with van der Waals surface area (Å²) >= 11 is 5.88. The Hall–Kier alpha value is -2.40. The molecule has 5 nitrogen and oxygen atoms in total. The topological polar surface area (TPSA) is 76.3 Å². The molecular formula is C14H10ClN3O2. The number of nitrogens with two attached hydrogens (primary N) is 1. The number of carbonyl (C=O) groups is 2. The molecule has 20 heavy (non-hydrogen) atoms. The van der Waals surface area contributed by atoms with Crippen LogP contribution in [0.4, 0.5) is 10.5 Å². The van der Waals surface area contributed by atoms with E-state index in [4.69, 9.17) is 17.3 Å². The lowest BCUT2D eigenvalue weighted by molar-refractivity contribution is -0.117. The van der Waals surface area contributed by atoms with Crippen molar-refractivity contribution in [3.8, 4) is 0 Å². The van der Waals surface area contributed by atoms with Crippen LogP contribution in [-0.2, 0) is 4.79 Å². The van der Waals surface area contributed by atoms with E-state index in [1.807, 2.05) is 30.3 Å². The van der Waals surface area contributed by atoms with Gasteiger partial charge < -0.3 is 5.73 Å². The van der Waals surface area contributed by atoms with E-state index >= 15 is 0 Å². The predicted molar refractivity (Wildman–Crippen MR) is 74.6 cm³/mol. The maximum atomic E-state index is 12.5. The van der Waals surface area contributed by atoms with Crippen LogP contribution in [0.1, 0.15) is 17.2 Å². The zero-order valence-electron chi connectivity index (χ0n) is 10.3. The van der Waals surface area contributed by atoms with Gasteiger partial charge in [0.2, 0.25) is 5.91 Å². The minimum Gasteiger partial charge on any atom is -0.351 e. The van der Waals surface area contributed by atoms with Crippen LogP contribution in [0.25, 0.3) is 0 Å². The Bertz CT molecular complexity index is 703. The molecule has 0 saturated heterocycles. The molecule has 0 spiro atoms. The Labute approximate surface area is 120 Å². The Kier molecular flexibility index (Phi) is 2.91. The third kappa shape index (κ3) is 1.83. The molecule has 2 aromatic rings. The molecule has 6 heteroatoms. The number of aromatic nitrogens is 1. The van der Waals surface area contributed by atoms with Gasteiger partial charge >= 0.3 is 6.03 Å². The molecule has 0 aliphatic carbocycles. The molecule has 1 atom stereocenters. The molecule has 1 aromatic heterocycles. The number of rotatable bonds is 1. The van der Waals surface area contributed by atoms with Crippen molar-refractivity contribution < 1.29 is 9.59 Å². The average Bonchev–Trinajstić information content (AvgIpc) is 2.71. The lowest BCUT2D eigenvalue weighted by atomic mass is 9.96. The summed E-state index contributed by atoms with van der Waals surface area (Å²) < 4.78 is 0. The van der Waals surface area contributed by atoms with Crippen LogP contribution in [0.5, 0.6) is 0 Å². The van der Waals surface area contributed by atoms with Crippen LogP contribution in [0.15, 0.2) is 42.6 Å². The van der Waals surface area contributed by atoms with Crippen LogP contribution in [0, 0.1) is 0 Å². The number of anilines is 1. The van der Waals surface area contributed by atoms with Crippen LogP contribution < -0.4 is 10.6 Å². The van der Waals surface area contributed by atoms with Crippen LogP contribution >= 0.6 is 11.6 Å². The van der Waals surface area contributed by atoms with Crippen LogP contribution in [0.3, 0.4) is 0 Å². The van der Waals surface area contributed by atoms with Crippen molar-refractivity contribution in [1.82, 2.24) is 4.98 Å². The van der Waals surface area contributed by atoms with Crippen molar-refractivity contribution in [3.05, 3.63) is 58.9 Å². The predicted octanol–water partition coefficient (Wildman–Crippen LogP) is 2.29. The first-order valence-corrected chi connectivity index (χ1v) is 6.31. The Morgan fingerprint density at radius 3 is 2.65 bits per heavy atom. The van der Waals surface area contributed by atoms with Gasteiger partial charge in [0.05, 0.1) is 16.4 Å². The summed E-state index contributed by atoms with van der Waals surface area (Å²) in [7, 11) is 0. The zero-order chi connectivity index (χ0) is 14.3. The number of primary amides is 1. The van der Waals surface area contributed by atoms with Crippen molar-refractivity contribution >= 4 is 29.2 Å². The van der Waals surface area contributed by atoms with Gasteiger partial charge in [-0.1, -0.05) is 41.9 Å². The van der Waals surface area contributed by atoms with E-state index in [1.165, 1.54) is 12.3 Å². The maximum Gasteiger partial charge on any atom is 0.326 e. The zero-order valence-corrected chi connectivity index (χ0v) is 11.0. The fraction of sp³-hybridized carbons (Fsp3) is 0.0714. The second-order valence-electron chi connectivity index (χ2n) is 4.41. The molecule has 0 radical (unpaired) electrons. The number of hydrogen-bond acceptors (Lipinski definition) is 3. The van der Waals surface area contributed by atoms with Gasteiger partial charge in [-0.2, -0.15) is 0 Å². The highest BCUT2D eigenvalue weighted by Gasteiger charge is 2.42. The summed E-state index contributed by atoms with van der Waals surface area (Å²) in [5.74, 6) is -1.04. The number of urea groups is 1. The largest absolute Gasteiger partial charge is 0.351 e. The number of nitrogens with zero attached hydrogens (tertiary/aromatic N) is 2. The third-order valence-corrected chi connectivity index (χ3v) is 3.41. The highest BCUT2D eigenvalue weighted by atomic mass is 35.5.